The molecule has 0 spiro atoms. The molecule has 0 saturated carbocycles. The van der Waals surface area contributed by atoms with E-state index >= 15 is 0 Å². The molecule has 0 fully saturated rings. The van der Waals surface area contributed by atoms with Crippen LogP contribution in [0.1, 0.15) is 459 Å². The molecule has 0 unspecified atom stereocenters. The van der Waals surface area contributed by atoms with Gasteiger partial charge < -0.3 is 42.6 Å². The fraction of sp³-hybridized carbons (Fsp3) is 0.735. The lowest BCUT2D eigenvalue weighted by Crippen LogP contribution is -2.09. The number of unbranched alkanes of at least 4 members (excludes halogenated alkanes) is 54. The maximum Gasteiger partial charge on any atom is 0.338 e. The van der Waals surface area contributed by atoms with Crippen LogP contribution in [0.15, 0.2) is 73.3 Å². The van der Waals surface area contributed by atoms with E-state index in [9.17, 15) is 4.79 Å². The molecule has 0 bridgehead atoms. The Labute approximate surface area is 689 Å². The third kappa shape index (κ3) is 51.4. The number of esters is 1. The van der Waals surface area contributed by atoms with Crippen molar-refractivity contribution in [2.75, 3.05) is 39.6 Å². The molecule has 0 N–H and O–H groups in total. The van der Waals surface area contributed by atoms with E-state index in [1.54, 1.807) is 12.1 Å². The monoisotopic (exact) mass is 1560 g/mol. The van der Waals surface area contributed by atoms with Crippen molar-refractivity contribution in [1.82, 2.24) is 0 Å². The van der Waals surface area contributed by atoms with Crippen molar-refractivity contribution in [3.63, 3.8) is 0 Å². The number of hydrogen-bond donors (Lipinski definition) is 0. The van der Waals surface area contributed by atoms with E-state index in [4.69, 9.17) is 42.6 Å². The molecule has 0 aliphatic carbocycles. The molecule has 0 amide bonds. The van der Waals surface area contributed by atoms with E-state index in [-0.39, 0.29) is 19.8 Å². The first-order chi connectivity index (χ1) is 55.3. The topological polar surface area (TPSA) is 100 Å². The molecule has 0 atom stereocenters. The van der Waals surface area contributed by atoms with Crippen molar-refractivity contribution in [2.24, 2.45) is 0 Å². The van der Waals surface area contributed by atoms with Crippen LogP contribution in [0.3, 0.4) is 0 Å². The first-order valence-electron chi connectivity index (χ1n) is 47.8. The summed E-state index contributed by atoms with van der Waals surface area (Å²) >= 11 is 0. The van der Waals surface area contributed by atoms with Gasteiger partial charge in [0.1, 0.15) is 31.3 Å². The van der Waals surface area contributed by atoms with E-state index in [1.807, 2.05) is 36.4 Å². The zero-order valence-corrected chi connectivity index (χ0v) is 73.5. The number of hydrogen-bond acceptors (Lipinski definition) is 10. The number of carbonyl (C=O) groups excluding carboxylic acids is 1. The van der Waals surface area contributed by atoms with Crippen molar-refractivity contribution < 1.29 is 47.4 Å². The van der Waals surface area contributed by atoms with Gasteiger partial charge in [0.05, 0.1) is 45.2 Å². The highest BCUT2D eigenvalue weighted by molar-refractivity contribution is 5.90. The number of benzene rings is 4. The molecule has 4 rings (SSSR count). The van der Waals surface area contributed by atoms with E-state index < -0.39 is 5.97 Å². The fourth-order valence-corrected chi connectivity index (χ4v) is 14.9. The van der Waals surface area contributed by atoms with Crippen LogP contribution in [0.2, 0.25) is 0 Å². The van der Waals surface area contributed by atoms with Crippen LogP contribution in [-0.2, 0) is 24.6 Å². The normalized spacial score (nSPS) is 11.3. The highest BCUT2D eigenvalue weighted by Gasteiger charge is 2.21. The van der Waals surface area contributed by atoms with Crippen molar-refractivity contribution in [3.05, 3.63) is 101 Å². The Balaban J connectivity index is 1.70. The Morgan fingerprint density at radius 3 is 0.705 bits per heavy atom. The van der Waals surface area contributed by atoms with Gasteiger partial charge >= 0.3 is 5.97 Å². The van der Waals surface area contributed by atoms with Crippen LogP contribution in [0, 0.1) is 0 Å². The van der Waals surface area contributed by atoms with Gasteiger partial charge in [-0.1, -0.05) is 425 Å². The van der Waals surface area contributed by atoms with Gasteiger partial charge in [-0.2, -0.15) is 0 Å². The summed E-state index contributed by atoms with van der Waals surface area (Å²) in [6.45, 7) is 21.7. The molecular formula is C102H170O10. The summed E-state index contributed by atoms with van der Waals surface area (Å²) in [4.78, 5) is 14.4. The predicted octanol–water partition coefficient (Wildman–Crippen LogP) is 32.6. The molecule has 10 heteroatoms. The molecule has 10 nitrogen and oxygen atoms in total. The number of carbonyl (C=O) groups is 1. The summed E-state index contributed by atoms with van der Waals surface area (Å²) in [7, 11) is 0. The third-order valence-electron chi connectivity index (χ3n) is 22.2. The van der Waals surface area contributed by atoms with E-state index in [2.05, 4.69) is 72.4 Å². The molecule has 0 aromatic heterocycles. The van der Waals surface area contributed by atoms with Crippen LogP contribution >= 0.6 is 0 Å². The molecule has 4 aromatic rings. The van der Waals surface area contributed by atoms with Gasteiger partial charge in [-0.25, -0.2) is 4.79 Å². The van der Waals surface area contributed by atoms with Gasteiger partial charge in [0, 0.05) is 6.07 Å². The minimum Gasteiger partial charge on any atom is -0.490 e. The second-order valence-electron chi connectivity index (χ2n) is 32.8. The lowest BCUT2D eigenvalue weighted by atomic mass is 10.1. The van der Waals surface area contributed by atoms with E-state index in [1.165, 1.54) is 308 Å². The molecule has 0 radical (unpaired) electrons. The van der Waals surface area contributed by atoms with Crippen molar-refractivity contribution in [1.29, 1.82) is 0 Å². The summed E-state index contributed by atoms with van der Waals surface area (Å²) in [6, 6.07) is 21.7. The highest BCUT2D eigenvalue weighted by atomic mass is 16.6. The smallest absolute Gasteiger partial charge is 0.338 e. The lowest BCUT2D eigenvalue weighted by molar-refractivity contribution is 0.0471. The first kappa shape index (κ1) is 98.9. The van der Waals surface area contributed by atoms with Gasteiger partial charge in [-0.15, -0.1) is 0 Å². The second-order valence-corrected chi connectivity index (χ2v) is 32.8. The Kier molecular flexibility index (Phi) is 63.5. The van der Waals surface area contributed by atoms with Crippen molar-refractivity contribution >= 4 is 12.0 Å². The summed E-state index contributed by atoms with van der Waals surface area (Å²) in [5, 5.41) is 0. The minimum absolute atomic E-state index is 0.104. The van der Waals surface area contributed by atoms with Crippen LogP contribution in [0.4, 0.5) is 0 Å². The summed E-state index contributed by atoms with van der Waals surface area (Å²) in [5.41, 5.74) is 3.97. The standard InChI is InChI=1S/C102H170O10/c1-8-15-21-27-33-39-45-51-57-63-73-104-96-79-91(80-97(105-74-64-58-52-46-40-34-28-22-16-9-2)100(96)108-77-67-61-55-49-43-37-31-25-19-12-5)87-110-94-83-93(102(103)112-86-90-71-69-89(14-7)70-72-90)84-95(85-94)111-88-92-81-98(106-75-65-59-53-47-41-35-29-23-17-10-3)101(109-78-68-62-56-50-44-38-32-26-20-13-6)99(82-92)107-76-66-60-54-48-42-36-30-24-18-11-4/h14,69-72,79-85H,7-13,15-68,73-78,86-88H2,1-6H3. The Hall–Kier alpha value is -5.51. The van der Waals surface area contributed by atoms with Gasteiger partial charge in [0.15, 0.2) is 23.0 Å². The van der Waals surface area contributed by atoms with Gasteiger partial charge in [-0.3, -0.25) is 0 Å². The number of ether oxygens (including phenoxy) is 9. The summed E-state index contributed by atoms with van der Waals surface area (Å²) < 4.78 is 60.8. The van der Waals surface area contributed by atoms with E-state index in [0.29, 0.717) is 91.2 Å². The van der Waals surface area contributed by atoms with Crippen LogP contribution in [0.25, 0.3) is 6.08 Å². The molecule has 0 saturated heterocycles. The largest absolute Gasteiger partial charge is 0.490 e. The molecular weight excluding hydrogens is 1390 g/mol. The van der Waals surface area contributed by atoms with Gasteiger partial charge in [0.25, 0.3) is 0 Å². The summed E-state index contributed by atoms with van der Waals surface area (Å²) in [5.74, 6) is 4.61. The highest BCUT2D eigenvalue weighted by Crippen LogP contribution is 2.42. The van der Waals surface area contributed by atoms with Gasteiger partial charge in [0.2, 0.25) is 11.5 Å². The van der Waals surface area contributed by atoms with Crippen LogP contribution in [-0.4, -0.2) is 45.6 Å². The Morgan fingerprint density at radius 1 is 0.250 bits per heavy atom. The second kappa shape index (κ2) is 72.0. The predicted molar refractivity (Wildman–Crippen MR) is 478 cm³/mol. The molecule has 0 aliphatic heterocycles. The minimum atomic E-state index is -0.480. The first-order valence-corrected chi connectivity index (χ1v) is 47.8. The molecule has 0 heterocycles. The zero-order chi connectivity index (χ0) is 79.7. The average Bonchev–Trinajstić information content (AvgIpc) is 0.825. The van der Waals surface area contributed by atoms with Crippen LogP contribution < -0.4 is 37.9 Å². The molecule has 0 aliphatic rings. The molecule has 4 aromatic carbocycles. The third-order valence-corrected chi connectivity index (χ3v) is 22.2. The van der Waals surface area contributed by atoms with Crippen molar-refractivity contribution in [2.45, 2.75) is 447 Å². The fourth-order valence-electron chi connectivity index (χ4n) is 14.9. The Bertz CT molecular complexity index is 2560. The zero-order valence-electron chi connectivity index (χ0n) is 73.5. The Morgan fingerprint density at radius 2 is 0.473 bits per heavy atom. The average molecular weight is 1560 g/mol. The molecule has 638 valence electrons. The summed E-state index contributed by atoms with van der Waals surface area (Å²) in [6.07, 6.45) is 77.2. The SMILES string of the molecule is C=Cc1ccc(COC(=O)c2cc(OCc3cc(OCCCCCCCCCCCC)c(OCCCCCCCCCCCC)c(OCCCCCCCCCCCC)c3)cc(OCc3cc(OCCCCCCCCCCCC)c(OCCCCCCCCCCCC)c(OCCCCCCCCCCCC)c3)c2)cc1. The number of rotatable bonds is 82. The van der Waals surface area contributed by atoms with Crippen LogP contribution in [0.5, 0.6) is 46.0 Å². The quantitative estimate of drug-likeness (QED) is 0.0314. The molecule has 112 heavy (non-hydrogen) atoms. The van der Waals surface area contributed by atoms with E-state index in [0.717, 1.165) is 99.3 Å². The van der Waals surface area contributed by atoms with Gasteiger partial charge in [-0.05, 0) is 97.2 Å². The lowest BCUT2D eigenvalue weighted by Gasteiger charge is -2.20. The van der Waals surface area contributed by atoms with Crippen molar-refractivity contribution in [3.8, 4) is 46.0 Å². The maximum atomic E-state index is 14.4. The maximum absolute atomic E-state index is 14.4.